The molecule has 1 N–H and O–H groups in total. The Morgan fingerprint density at radius 1 is 1.29 bits per heavy atom. The van der Waals surface area contributed by atoms with Crippen molar-refractivity contribution < 1.29 is 0 Å². The fraction of sp³-hybridized carbons (Fsp3) is 0.684. The predicted molar refractivity (Wildman–Crippen MR) is 91.8 cm³/mol. The Bertz CT molecular complexity index is 415. The highest BCUT2D eigenvalue weighted by Gasteiger charge is 2.32. The summed E-state index contributed by atoms with van der Waals surface area (Å²) < 4.78 is 0. The molecule has 0 spiro atoms. The highest BCUT2D eigenvalue weighted by atomic mass is 15.2. The molecule has 0 saturated carbocycles. The van der Waals surface area contributed by atoms with Gasteiger partial charge in [-0.15, -0.1) is 0 Å². The minimum atomic E-state index is 0.189. The number of rotatable bonds is 7. The van der Waals surface area contributed by atoms with E-state index in [1.165, 1.54) is 31.5 Å². The van der Waals surface area contributed by atoms with Gasteiger partial charge in [0.1, 0.15) is 0 Å². The van der Waals surface area contributed by atoms with Gasteiger partial charge in [-0.05, 0) is 24.4 Å². The molecule has 1 aromatic rings. The summed E-state index contributed by atoms with van der Waals surface area (Å²) in [4.78, 5) is 2.67. The molecule has 2 rings (SSSR count). The highest BCUT2D eigenvalue weighted by molar-refractivity contribution is 5.26. The lowest BCUT2D eigenvalue weighted by Gasteiger charge is -2.35. The van der Waals surface area contributed by atoms with Crippen molar-refractivity contribution in [3.05, 3.63) is 35.9 Å². The average Bonchev–Trinajstić information content (AvgIpc) is 2.93. The molecular formula is C19H32N2. The van der Waals surface area contributed by atoms with E-state index in [-0.39, 0.29) is 5.41 Å². The van der Waals surface area contributed by atoms with Crippen LogP contribution >= 0.6 is 0 Å². The zero-order valence-electron chi connectivity index (χ0n) is 14.2. The molecule has 0 radical (unpaired) electrons. The van der Waals surface area contributed by atoms with Crippen LogP contribution in [-0.4, -0.2) is 37.1 Å². The van der Waals surface area contributed by atoms with Crippen LogP contribution in [0.1, 0.15) is 46.1 Å². The molecule has 1 saturated heterocycles. The molecule has 2 nitrogen and oxygen atoms in total. The molecule has 2 heteroatoms. The molecule has 1 aromatic carbocycles. The Morgan fingerprint density at radius 2 is 2.00 bits per heavy atom. The number of likely N-dealkylation sites (tertiary alicyclic amines) is 1. The van der Waals surface area contributed by atoms with E-state index < -0.39 is 0 Å². The smallest absolute Gasteiger partial charge is 0.0177 e. The van der Waals surface area contributed by atoms with E-state index in [9.17, 15) is 0 Å². The summed E-state index contributed by atoms with van der Waals surface area (Å²) in [7, 11) is 0. The number of benzene rings is 1. The Balaban J connectivity index is 2.08. The van der Waals surface area contributed by atoms with Gasteiger partial charge in [0.05, 0.1) is 0 Å². The van der Waals surface area contributed by atoms with Gasteiger partial charge in [0.15, 0.2) is 0 Å². The van der Waals surface area contributed by atoms with Crippen molar-refractivity contribution in [2.45, 2.75) is 52.0 Å². The third kappa shape index (κ3) is 4.55. The van der Waals surface area contributed by atoms with Crippen LogP contribution in [0.4, 0.5) is 0 Å². The van der Waals surface area contributed by atoms with E-state index in [0.717, 1.165) is 19.0 Å². The molecule has 1 heterocycles. The molecule has 21 heavy (non-hydrogen) atoms. The van der Waals surface area contributed by atoms with Crippen molar-refractivity contribution >= 4 is 0 Å². The quantitative estimate of drug-likeness (QED) is 0.823. The third-order valence-corrected chi connectivity index (χ3v) is 4.89. The van der Waals surface area contributed by atoms with E-state index in [4.69, 9.17) is 0 Å². The Hall–Kier alpha value is -0.860. The summed E-state index contributed by atoms with van der Waals surface area (Å²) in [6.45, 7) is 13.9. The van der Waals surface area contributed by atoms with Crippen molar-refractivity contribution in [1.82, 2.24) is 10.2 Å². The molecule has 0 amide bonds. The van der Waals surface area contributed by atoms with Crippen molar-refractivity contribution in [3.8, 4) is 0 Å². The lowest BCUT2D eigenvalue weighted by Crippen LogP contribution is -2.46. The van der Waals surface area contributed by atoms with Crippen molar-refractivity contribution in [2.24, 2.45) is 5.92 Å². The van der Waals surface area contributed by atoms with Crippen LogP contribution in [0.25, 0.3) is 0 Å². The minimum absolute atomic E-state index is 0.189. The highest BCUT2D eigenvalue weighted by Crippen LogP contribution is 2.28. The van der Waals surface area contributed by atoms with Gasteiger partial charge < -0.3 is 10.2 Å². The van der Waals surface area contributed by atoms with Crippen LogP contribution in [0, 0.1) is 5.92 Å². The van der Waals surface area contributed by atoms with Gasteiger partial charge in [-0.25, -0.2) is 0 Å². The monoisotopic (exact) mass is 288 g/mol. The van der Waals surface area contributed by atoms with E-state index in [1.54, 1.807) is 0 Å². The van der Waals surface area contributed by atoms with Crippen LogP contribution < -0.4 is 5.32 Å². The second-order valence-corrected chi connectivity index (χ2v) is 7.26. The fourth-order valence-corrected chi connectivity index (χ4v) is 3.40. The number of nitrogens with one attached hydrogen (secondary N) is 1. The summed E-state index contributed by atoms with van der Waals surface area (Å²) in [5, 5.41) is 3.66. The van der Waals surface area contributed by atoms with Crippen molar-refractivity contribution in [3.63, 3.8) is 0 Å². The molecule has 118 valence electrons. The van der Waals surface area contributed by atoms with Crippen LogP contribution in [0.3, 0.4) is 0 Å². The van der Waals surface area contributed by atoms with E-state index in [0.29, 0.717) is 6.04 Å². The van der Waals surface area contributed by atoms with Crippen LogP contribution in [-0.2, 0) is 5.41 Å². The summed E-state index contributed by atoms with van der Waals surface area (Å²) in [5.74, 6) is 0.906. The Labute approximate surface area is 130 Å². The number of nitrogens with zero attached hydrogens (tertiary/aromatic N) is 1. The number of hydrogen-bond donors (Lipinski definition) is 1. The van der Waals surface area contributed by atoms with Gasteiger partial charge >= 0.3 is 0 Å². The zero-order chi connectivity index (χ0) is 15.3. The van der Waals surface area contributed by atoms with Gasteiger partial charge in [-0.1, -0.05) is 64.4 Å². The Kier molecular flexibility index (Phi) is 5.83. The van der Waals surface area contributed by atoms with E-state index in [2.05, 4.69) is 68.2 Å². The lowest BCUT2D eigenvalue weighted by molar-refractivity contribution is 0.239. The summed E-state index contributed by atoms with van der Waals surface area (Å²) >= 11 is 0. The molecule has 2 atom stereocenters. The summed E-state index contributed by atoms with van der Waals surface area (Å²) in [6.07, 6.45) is 2.70. The first kappa shape index (κ1) is 16.5. The summed E-state index contributed by atoms with van der Waals surface area (Å²) in [5.41, 5.74) is 1.65. The Morgan fingerprint density at radius 3 is 2.57 bits per heavy atom. The average molecular weight is 288 g/mol. The van der Waals surface area contributed by atoms with Crippen LogP contribution in [0.5, 0.6) is 0 Å². The summed E-state index contributed by atoms with van der Waals surface area (Å²) in [6, 6.07) is 11.6. The third-order valence-electron chi connectivity index (χ3n) is 4.89. The lowest BCUT2D eigenvalue weighted by atomic mass is 9.81. The first-order chi connectivity index (χ1) is 10.0. The first-order valence-corrected chi connectivity index (χ1v) is 8.55. The fourth-order valence-electron chi connectivity index (χ4n) is 3.40. The maximum Gasteiger partial charge on any atom is 0.0177 e. The maximum absolute atomic E-state index is 3.66. The predicted octanol–water partition coefficient (Wildman–Crippen LogP) is 3.67. The molecule has 2 unspecified atom stereocenters. The number of hydrogen-bond acceptors (Lipinski definition) is 2. The van der Waals surface area contributed by atoms with E-state index in [1.807, 2.05) is 0 Å². The molecule has 0 aliphatic carbocycles. The first-order valence-electron chi connectivity index (χ1n) is 8.55. The molecule has 0 aromatic heterocycles. The molecule has 1 fully saturated rings. The topological polar surface area (TPSA) is 15.3 Å². The van der Waals surface area contributed by atoms with Crippen molar-refractivity contribution in [1.29, 1.82) is 0 Å². The van der Waals surface area contributed by atoms with Gasteiger partial charge in [0.2, 0.25) is 0 Å². The van der Waals surface area contributed by atoms with Gasteiger partial charge in [-0.2, -0.15) is 0 Å². The largest absolute Gasteiger partial charge is 0.314 e. The van der Waals surface area contributed by atoms with Crippen LogP contribution in [0.15, 0.2) is 30.3 Å². The van der Waals surface area contributed by atoms with Gasteiger partial charge in [0.25, 0.3) is 0 Å². The van der Waals surface area contributed by atoms with Crippen LogP contribution in [0.2, 0.25) is 0 Å². The second kappa shape index (κ2) is 7.42. The maximum atomic E-state index is 3.66. The second-order valence-electron chi connectivity index (χ2n) is 7.26. The SMILES string of the molecule is CCC1CCN(CC(C)(CNC(C)C)c2ccccc2)C1. The molecular weight excluding hydrogens is 256 g/mol. The molecule has 1 aliphatic rings. The zero-order valence-corrected chi connectivity index (χ0v) is 14.2. The molecule has 0 bridgehead atoms. The minimum Gasteiger partial charge on any atom is -0.314 e. The van der Waals surface area contributed by atoms with Gasteiger partial charge in [0, 0.05) is 31.1 Å². The molecule has 1 aliphatic heterocycles. The van der Waals surface area contributed by atoms with Crippen molar-refractivity contribution in [2.75, 3.05) is 26.2 Å². The normalized spacial score (nSPS) is 22.6. The standard InChI is InChI=1S/C19H32N2/c1-5-17-11-12-21(13-17)15-19(4,14-20-16(2)3)18-9-7-6-8-10-18/h6-10,16-17,20H,5,11-15H2,1-4H3. The van der Waals surface area contributed by atoms with E-state index >= 15 is 0 Å². The van der Waals surface area contributed by atoms with Gasteiger partial charge in [-0.3, -0.25) is 0 Å².